The molecule has 0 spiro atoms. The maximum Gasteiger partial charge on any atom is 0.128 e. The highest BCUT2D eigenvalue weighted by Crippen LogP contribution is 2.28. The second-order valence-electron chi connectivity index (χ2n) is 3.37. The number of hydrogen-bond acceptors (Lipinski definition) is 3. The highest BCUT2D eigenvalue weighted by atomic mass is 35.5. The second kappa shape index (κ2) is 6.40. The fourth-order valence-electron chi connectivity index (χ4n) is 1.32. The molecule has 88 valence electrons. The molecular weight excluding hydrogens is 226 g/mol. The van der Waals surface area contributed by atoms with Crippen molar-refractivity contribution in [1.29, 1.82) is 0 Å². The van der Waals surface area contributed by atoms with Gasteiger partial charge in [-0.3, -0.25) is 0 Å². The molecule has 0 aromatic heterocycles. The average Bonchev–Trinajstić information content (AvgIpc) is 2.29. The molecule has 1 aromatic carbocycles. The molecular formula is C12H16ClNO2. The van der Waals surface area contributed by atoms with E-state index in [4.69, 9.17) is 26.8 Å². The van der Waals surface area contributed by atoms with Crippen LogP contribution in [0.3, 0.4) is 0 Å². The van der Waals surface area contributed by atoms with Gasteiger partial charge in [0.15, 0.2) is 0 Å². The van der Waals surface area contributed by atoms with Crippen molar-refractivity contribution in [2.24, 2.45) is 5.73 Å². The molecule has 16 heavy (non-hydrogen) atoms. The fraction of sp³-hybridized carbons (Fsp3) is 0.333. The summed E-state index contributed by atoms with van der Waals surface area (Å²) in [6, 6.07) is 5.51. The quantitative estimate of drug-likeness (QED) is 0.862. The van der Waals surface area contributed by atoms with Crippen molar-refractivity contribution in [3.05, 3.63) is 35.4 Å². The van der Waals surface area contributed by atoms with Crippen LogP contribution in [0.15, 0.2) is 29.8 Å². The molecule has 0 aliphatic carbocycles. The number of rotatable bonds is 5. The Balaban J connectivity index is 2.91. The van der Waals surface area contributed by atoms with Gasteiger partial charge in [0.2, 0.25) is 0 Å². The lowest BCUT2D eigenvalue weighted by atomic mass is 10.1. The van der Waals surface area contributed by atoms with Crippen molar-refractivity contribution in [2.45, 2.75) is 13.0 Å². The summed E-state index contributed by atoms with van der Waals surface area (Å²) in [5.74, 6) is 1.47. The van der Waals surface area contributed by atoms with Gasteiger partial charge in [0, 0.05) is 23.2 Å². The van der Waals surface area contributed by atoms with Gasteiger partial charge in [-0.25, -0.2) is 0 Å². The maximum absolute atomic E-state index is 5.85. The molecule has 1 atom stereocenters. The Kier molecular flexibility index (Phi) is 5.15. The summed E-state index contributed by atoms with van der Waals surface area (Å²) < 4.78 is 10.7. The highest BCUT2D eigenvalue weighted by molar-refractivity contribution is 6.25. The van der Waals surface area contributed by atoms with Crippen molar-refractivity contribution in [3.8, 4) is 11.5 Å². The van der Waals surface area contributed by atoms with E-state index in [9.17, 15) is 0 Å². The van der Waals surface area contributed by atoms with Crippen molar-refractivity contribution in [3.63, 3.8) is 0 Å². The van der Waals surface area contributed by atoms with Gasteiger partial charge in [0.1, 0.15) is 18.1 Å². The van der Waals surface area contributed by atoms with Crippen LogP contribution in [0.4, 0.5) is 0 Å². The zero-order valence-electron chi connectivity index (χ0n) is 9.44. The van der Waals surface area contributed by atoms with Crippen LogP contribution in [0.1, 0.15) is 18.5 Å². The minimum Gasteiger partial charge on any atom is -0.497 e. The Bertz CT molecular complexity index is 364. The van der Waals surface area contributed by atoms with Crippen LogP contribution >= 0.6 is 11.6 Å². The largest absolute Gasteiger partial charge is 0.497 e. The van der Waals surface area contributed by atoms with E-state index in [-0.39, 0.29) is 6.04 Å². The SMILES string of the molecule is COc1ccc(C(C)N)c(OC/C=C/Cl)c1. The van der Waals surface area contributed by atoms with E-state index in [0.717, 1.165) is 17.1 Å². The van der Waals surface area contributed by atoms with E-state index in [1.54, 1.807) is 13.2 Å². The first-order valence-corrected chi connectivity index (χ1v) is 5.44. The third kappa shape index (κ3) is 3.43. The second-order valence-corrected chi connectivity index (χ2v) is 3.62. The van der Waals surface area contributed by atoms with Crippen LogP contribution in [0, 0.1) is 0 Å². The molecule has 0 aliphatic heterocycles. The standard InChI is InChI=1S/C12H16ClNO2/c1-9(14)11-5-4-10(15-2)8-12(11)16-7-3-6-13/h3-6,8-9H,7,14H2,1-2H3/b6-3+. The summed E-state index contributed by atoms with van der Waals surface area (Å²) >= 11 is 5.42. The monoisotopic (exact) mass is 241 g/mol. The minimum absolute atomic E-state index is 0.0825. The van der Waals surface area contributed by atoms with E-state index in [2.05, 4.69) is 0 Å². The Labute approximate surface area is 101 Å². The molecule has 0 radical (unpaired) electrons. The van der Waals surface area contributed by atoms with Crippen molar-refractivity contribution in [1.82, 2.24) is 0 Å². The molecule has 3 nitrogen and oxygen atoms in total. The lowest BCUT2D eigenvalue weighted by Gasteiger charge is -2.14. The summed E-state index contributed by atoms with van der Waals surface area (Å²) in [4.78, 5) is 0. The zero-order valence-corrected chi connectivity index (χ0v) is 10.2. The lowest BCUT2D eigenvalue weighted by Crippen LogP contribution is -2.08. The molecule has 1 rings (SSSR count). The summed E-state index contributed by atoms with van der Waals surface area (Å²) in [5.41, 5.74) is 8.22. The van der Waals surface area contributed by atoms with Crippen LogP contribution < -0.4 is 15.2 Å². The van der Waals surface area contributed by atoms with Crippen LogP contribution in [-0.2, 0) is 0 Å². The van der Waals surface area contributed by atoms with E-state index >= 15 is 0 Å². The molecule has 0 heterocycles. The number of halogens is 1. The molecule has 1 unspecified atom stereocenters. The van der Waals surface area contributed by atoms with Crippen molar-refractivity contribution < 1.29 is 9.47 Å². The smallest absolute Gasteiger partial charge is 0.128 e. The van der Waals surface area contributed by atoms with Gasteiger partial charge in [-0.2, -0.15) is 0 Å². The molecule has 0 bridgehead atoms. The Morgan fingerprint density at radius 1 is 1.50 bits per heavy atom. The average molecular weight is 242 g/mol. The molecule has 0 saturated carbocycles. The summed E-state index contributed by atoms with van der Waals surface area (Å²) in [5, 5.41) is 0. The lowest BCUT2D eigenvalue weighted by molar-refractivity contribution is 0.351. The van der Waals surface area contributed by atoms with Gasteiger partial charge in [0.25, 0.3) is 0 Å². The number of ether oxygens (including phenoxy) is 2. The van der Waals surface area contributed by atoms with E-state index in [0.29, 0.717) is 6.61 Å². The van der Waals surface area contributed by atoms with Crippen molar-refractivity contribution >= 4 is 11.6 Å². The first-order chi connectivity index (χ1) is 7.69. The van der Waals surface area contributed by atoms with E-state index in [1.807, 2.05) is 25.1 Å². The Hall–Kier alpha value is -1.19. The maximum atomic E-state index is 5.85. The number of methoxy groups -OCH3 is 1. The van der Waals surface area contributed by atoms with E-state index in [1.165, 1.54) is 5.54 Å². The number of nitrogens with two attached hydrogens (primary N) is 1. The third-order valence-corrected chi connectivity index (χ3v) is 2.31. The molecule has 4 heteroatoms. The first-order valence-electron chi connectivity index (χ1n) is 5.00. The molecule has 2 N–H and O–H groups in total. The molecule has 0 amide bonds. The van der Waals surface area contributed by atoms with Gasteiger partial charge >= 0.3 is 0 Å². The van der Waals surface area contributed by atoms with Crippen molar-refractivity contribution in [2.75, 3.05) is 13.7 Å². The zero-order chi connectivity index (χ0) is 12.0. The van der Waals surface area contributed by atoms with Crippen LogP contribution in [-0.4, -0.2) is 13.7 Å². The van der Waals surface area contributed by atoms with Gasteiger partial charge in [-0.05, 0) is 19.1 Å². The number of hydrogen-bond donors (Lipinski definition) is 1. The predicted molar refractivity (Wildman–Crippen MR) is 66.1 cm³/mol. The van der Waals surface area contributed by atoms with Gasteiger partial charge in [-0.15, -0.1) is 0 Å². The summed E-state index contributed by atoms with van der Waals surface area (Å²) in [7, 11) is 1.61. The number of benzene rings is 1. The van der Waals surface area contributed by atoms with Gasteiger partial charge < -0.3 is 15.2 Å². The predicted octanol–water partition coefficient (Wildman–Crippen LogP) is 2.85. The molecule has 0 fully saturated rings. The third-order valence-electron chi connectivity index (χ3n) is 2.14. The van der Waals surface area contributed by atoms with Crippen LogP contribution in [0.25, 0.3) is 0 Å². The van der Waals surface area contributed by atoms with Gasteiger partial charge in [0.05, 0.1) is 7.11 Å². The summed E-state index contributed by atoms with van der Waals surface area (Å²) in [6.45, 7) is 2.32. The Morgan fingerprint density at radius 3 is 2.81 bits per heavy atom. The molecule has 1 aromatic rings. The fourth-order valence-corrected chi connectivity index (χ4v) is 1.39. The van der Waals surface area contributed by atoms with E-state index < -0.39 is 0 Å². The summed E-state index contributed by atoms with van der Waals surface area (Å²) in [6.07, 6.45) is 1.71. The minimum atomic E-state index is -0.0825. The van der Waals surface area contributed by atoms with Crippen LogP contribution in [0.5, 0.6) is 11.5 Å². The molecule has 0 aliphatic rings. The topological polar surface area (TPSA) is 44.5 Å². The Morgan fingerprint density at radius 2 is 2.25 bits per heavy atom. The normalized spacial score (nSPS) is 12.8. The highest BCUT2D eigenvalue weighted by Gasteiger charge is 2.09. The molecule has 0 saturated heterocycles. The van der Waals surface area contributed by atoms with Crippen LogP contribution in [0.2, 0.25) is 0 Å². The first kappa shape index (κ1) is 12.9. The van der Waals surface area contributed by atoms with Gasteiger partial charge in [-0.1, -0.05) is 17.7 Å².